The second-order valence-corrected chi connectivity index (χ2v) is 5.36. The van der Waals surface area contributed by atoms with Crippen molar-refractivity contribution >= 4 is 17.4 Å². The van der Waals surface area contributed by atoms with E-state index in [1.807, 2.05) is 0 Å². The molecule has 0 aliphatic carbocycles. The van der Waals surface area contributed by atoms with Crippen LogP contribution in [-0.4, -0.2) is 22.3 Å². The Morgan fingerprint density at radius 1 is 1.41 bits per heavy atom. The Balaban J connectivity index is 2.59. The van der Waals surface area contributed by atoms with Crippen molar-refractivity contribution in [2.75, 3.05) is 18.1 Å². The molecule has 1 aromatic rings. The molecule has 0 saturated heterocycles. The Labute approximate surface area is 107 Å². The number of hydrogen-bond donors (Lipinski definition) is 1. The van der Waals surface area contributed by atoms with Gasteiger partial charge >= 0.3 is 0 Å². The van der Waals surface area contributed by atoms with Crippen molar-refractivity contribution in [2.24, 2.45) is 5.92 Å². The first-order chi connectivity index (χ1) is 8.15. The van der Waals surface area contributed by atoms with Crippen LogP contribution in [0, 0.1) is 5.92 Å². The van der Waals surface area contributed by atoms with Crippen LogP contribution in [0.2, 0.25) is 0 Å². The predicted octanol–water partition coefficient (Wildman–Crippen LogP) is 2.99. The molecule has 0 amide bonds. The number of aromatic nitrogens is 2. The van der Waals surface area contributed by atoms with E-state index in [1.165, 1.54) is 6.33 Å². The summed E-state index contributed by atoms with van der Waals surface area (Å²) < 4.78 is 5.46. The van der Waals surface area contributed by atoms with Crippen LogP contribution in [0.1, 0.15) is 33.6 Å². The minimum absolute atomic E-state index is 0.508. The third-order valence-corrected chi connectivity index (χ3v) is 3.23. The van der Waals surface area contributed by atoms with Gasteiger partial charge in [0.25, 0.3) is 0 Å². The summed E-state index contributed by atoms with van der Waals surface area (Å²) >= 11 is 1.67. The van der Waals surface area contributed by atoms with Crippen LogP contribution in [0.15, 0.2) is 11.4 Å². The minimum atomic E-state index is 0.508. The molecule has 0 bridgehead atoms. The highest BCUT2D eigenvalue weighted by Crippen LogP contribution is 2.29. The number of thioether (sulfide) groups is 1. The Hall–Kier alpha value is -0.970. The topological polar surface area (TPSA) is 61.0 Å². The fourth-order valence-corrected chi connectivity index (χ4v) is 2.33. The zero-order valence-corrected chi connectivity index (χ0v) is 11.6. The Bertz CT molecular complexity index is 345. The average Bonchev–Trinajstić information content (AvgIpc) is 2.29. The fourth-order valence-electron chi connectivity index (χ4n) is 1.18. The van der Waals surface area contributed by atoms with Gasteiger partial charge in [-0.25, -0.2) is 4.98 Å². The number of hydrogen-bond acceptors (Lipinski definition) is 5. The van der Waals surface area contributed by atoms with Crippen LogP contribution in [0.25, 0.3) is 0 Å². The predicted molar refractivity (Wildman–Crippen MR) is 72.4 cm³/mol. The average molecular weight is 255 g/mol. The van der Waals surface area contributed by atoms with Gasteiger partial charge in [0, 0.05) is 0 Å². The molecule has 5 heteroatoms. The smallest absolute Gasteiger partial charge is 0.241 e. The van der Waals surface area contributed by atoms with Crippen molar-refractivity contribution in [2.45, 2.75) is 38.6 Å². The van der Waals surface area contributed by atoms with Gasteiger partial charge in [-0.3, -0.25) is 0 Å². The van der Waals surface area contributed by atoms with E-state index in [2.05, 4.69) is 30.7 Å². The molecule has 0 radical (unpaired) electrons. The monoisotopic (exact) mass is 255 g/mol. The van der Waals surface area contributed by atoms with Crippen LogP contribution in [0.5, 0.6) is 5.88 Å². The molecule has 1 rings (SSSR count). The van der Waals surface area contributed by atoms with Crippen molar-refractivity contribution in [1.82, 2.24) is 9.97 Å². The molecule has 0 aliphatic rings. The highest BCUT2D eigenvalue weighted by molar-refractivity contribution is 7.99. The van der Waals surface area contributed by atoms with Crippen LogP contribution in [0.3, 0.4) is 0 Å². The zero-order valence-electron chi connectivity index (χ0n) is 10.8. The van der Waals surface area contributed by atoms with E-state index < -0.39 is 0 Å². The van der Waals surface area contributed by atoms with Crippen LogP contribution < -0.4 is 10.5 Å². The largest absolute Gasteiger partial charge is 0.476 e. The van der Waals surface area contributed by atoms with Crippen LogP contribution in [-0.2, 0) is 0 Å². The van der Waals surface area contributed by atoms with E-state index in [1.54, 1.807) is 11.8 Å². The number of rotatable bonds is 7. The normalized spacial score (nSPS) is 10.8. The summed E-state index contributed by atoms with van der Waals surface area (Å²) in [6, 6.07) is 0. The van der Waals surface area contributed by atoms with Gasteiger partial charge in [-0.15, -0.1) is 11.8 Å². The number of nitrogen functional groups attached to an aromatic ring is 1. The second kappa shape index (κ2) is 7.37. The van der Waals surface area contributed by atoms with Gasteiger partial charge in [0.2, 0.25) is 5.88 Å². The molecule has 0 aliphatic heterocycles. The van der Waals surface area contributed by atoms with Crippen molar-refractivity contribution in [1.29, 1.82) is 0 Å². The molecule has 0 saturated carbocycles. The van der Waals surface area contributed by atoms with Crippen molar-refractivity contribution in [3.8, 4) is 5.88 Å². The lowest BCUT2D eigenvalue weighted by atomic mass is 10.2. The zero-order chi connectivity index (χ0) is 12.7. The Kier molecular flexibility index (Phi) is 6.11. The lowest BCUT2D eigenvalue weighted by Crippen LogP contribution is -2.04. The third kappa shape index (κ3) is 4.81. The minimum Gasteiger partial charge on any atom is -0.476 e. The van der Waals surface area contributed by atoms with Gasteiger partial charge in [0.1, 0.15) is 17.0 Å². The molecule has 0 fully saturated rings. The van der Waals surface area contributed by atoms with E-state index in [4.69, 9.17) is 10.5 Å². The second-order valence-electron chi connectivity index (χ2n) is 4.28. The lowest BCUT2D eigenvalue weighted by molar-refractivity contribution is 0.305. The Morgan fingerprint density at radius 2 is 2.18 bits per heavy atom. The lowest BCUT2D eigenvalue weighted by Gasteiger charge is -2.09. The first kappa shape index (κ1) is 14.1. The summed E-state index contributed by atoms with van der Waals surface area (Å²) in [5.41, 5.74) is 6.53. The van der Waals surface area contributed by atoms with Gasteiger partial charge in [-0.2, -0.15) is 4.98 Å². The van der Waals surface area contributed by atoms with Gasteiger partial charge in [-0.05, 0) is 24.5 Å². The van der Waals surface area contributed by atoms with Gasteiger partial charge < -0.3 is 10.5 Å². The van der Waals surface area contributed by atoms with Gasteiger partial charge in [0.15, 0.2) is 0 Å². The van der Waals surface area contributed by atoms with Gasteiger partial charge in [-0.1, -0.05) is 20.8 Å². The highest BCUT2D eigenvalue weighted by atomic mass is 32.2. The van der Waals surface area contributed by atoms with E-state index in [9.17, 15) is 0 Å². The maximum atomic E-state index is 5.97. The molecule has 0 unspecified atom stereocenters. The Morgan fingerprint density at radius 3 is 2.82 bits per heavy atom. The maximum Gasteiger partial charge on any atom is 0.241 e. The quantitative estimate of drug-likeness (QED) is 0.599. The fraction of sp³-hybridized carbons (Fsp3) is 0.667. The van der Waals surface area contributed by atoms with E-state index in [0.29, 0.717) is 24.1 Å². The summed E-state index contributed by atoms with van der Waals surface area (Å²) in [7, 11) is 0. The molecular weight excluding hydrogens is 234 g/mol. The van der Waals surface area contributed by atoms with E-state index in [0.717, 1.165) is 23.6 Å². The SMILES string of the molecule is CCCOc1ncnc(SCCC(C)C)c1N. The maximum absolute atomic E-state index is 5.97. The summed E-state index contributed by atoms with van der Waals surface area (Å²) in [6.45, 7) is 7.10. The van der Waals surface area contributed by atoms with Crippen molar-refractivity contribution < 1.29 is 4.74 Å². The van der Waals surface area contributed by atoms with E-state index >= 15 is 0 Å². The molecule has 17 heavy (non-hydrogen) atoms. The summed E-state index contributed by atoms with van der Waals surface area (Å²) in [6.07, 6.45) is 3.61. The van der Waals surface area contributed by atoms with Gasteiger partial charge in [0.05, 0.1) is 6.61 Å². The molecule has 1 heterocycles. The molecule has 96 valence electrons. The van der Waals surface area contributed by atoms with Crippen molar-refractivity contribution in [3.63, 3.8) is 0 Å². The number of nitrogens with two attached hydrogens (primary N) is 1. The molecule has 0 aromatic carbocycles. The molecule has 2 N–H and O–H groups in total. The molecule has 4 nitrogen and oxygen atoms in total. The standard InChI is InChI=1S/C12H21N3OS/c1-4-6-16-11-10(13)12(15-8-14-11)17-7-5-9(2)3/h8-9H,4-7,13H2,1-3H3. The van der Waals surface area contributed by atoms with Crippen molar-refractivity contribution in [3.05, 3.63) is 6.33 Å². The molecule has 1 aromatic heterocycles. The molecule has 0 atom stereocenters. The number of anilines is 1. The first-order valence-electron chi connectivity index (χ1n) is 6.01. The summed E-state index contributed by atoms with van der Waals surface area (Å²) in [4.78, 5) is 8.24. The van der Waals surface area contributed by atoms with E-state index in [-0.39, 0.29) is 0 Å². The first-order valence-corrected chi connectivity index (χ1v) is 6.99. The summed E-state index contributed by atoms with van der Waals surface area (Å²) in [5.74, 6) is 2.22. The number of ether oxygens (including phenoxy) is 1. The third-order valence-electron chi connectivity index (χ3n) is 2.19. The molecular formula is C12H21N3OS. The van der Waals surface area contributed by atoms with Crippen LogP contribution >= 0.6 is 11.8 Å². The highest BCUT2D eigenvalue weighted by Gasteiger charge is 2.09. The molecule has 0 spiro atoms. The summed E-state index contributed by atoms with van der Waals surface area (Å²) in [5, 5.41) is 0.826. The number of nitrogens with zero attached hydrogens (tertiary/aromatic N) is 2. The van der Waals surface area contributed by atoms with Crippen LogP contribution in [0.4, 0.5) is 5.69 Å².